The fraction of sp³-hybridized carbons (Fsp3) is 0.909. The van der Waals surface area contributed by atoms with Crippen molar-refractivity contribution in [3.05, 3.63) is 0 Å². The summed E-state index contributed by atoms with van der Waals surface area (Å²) < 4.78 is 0. The van der Waals surface area contributed by atoms with Crippen LogP contribution in [0.25, 0.3) is 0 Å². The molecular weight excluding hydrogens is 272 g/mol. The normalized spacial score (nSPS) is 20.8. The summed E-state index contributed by atoms with van der Waals surface area (Å²) in [5, 5.41) is 58.8. The van der Waals surface area contributed by atoms with Crippen molar-refractivity contribution in [2.24, 2.45) is 5.73 Å². The van der Waals surface area contributed by atoms with Crippen molar-refractivity contribution in [1.82, 2.24) is 5.32 Å². The van der Waals surface area contributed by atoms with Gasteiger partial charge in [0.1, 0.15) is 18.2 Å². The molecule has 20 heavy (non-hydrogen) atoms. The Hall–Kier alpha value is -0.810. The molecule has 0 aromatic heterocycles. The summed E-state index contributed by atoms with van der Waals surface area (Å²) in [5.41, 5.74) is 2.80. The van der Waals surface area contributed by atoms with Crippen molar-refractivity contribution in [2.75, 3.05) is 13.2 Å². The Morgan fingerprint density at radius 2 is 1.90 bits per heavy atom. The lowest BCUT2D eigenvalue weighted by Gasteiger charge is -2.37. The number of carboxylic acids is 1. The molecule has 0 unspecified atom stereocenters. The third-order valence-electron chi connectivity index (χ3n) is 2.97. The van der Waals surface area contributed by atoms with Crippen LogP contribution in [0, 0.1) is 0 Å². The van der Waals surface area contributed by atoms with Crippen molar-refractivity contribution in [2.45, 2.75) is 49.8 Å². The first-order valence-electron chi connectivity index (χ1n) is 6.27. The first kappa shape index (κ1) is 19.2. The van der Waals surface area contributed by atoms with E-state index in [0.717, 1.165) is 0 Å². The molecule has 0 amide bonds. The molecule has 0 bridgehead atoms. The number of carbonyl (C=O) groups is 1. The van der Waals surface area contributed by atoms with E-state index in [1.54, 1.807) is 0 Å². The van der Waals surface area contributed by atoms with Crippen molar-refractivity contribution in [3.63, 3.8) is 0 Å². The zero-order valence-corrected chi connectivity index (χ0v) is 11.3. The van der Waals surface area contributed by atoms with E-state index in [1.807, 2.05) is 0 Å². The van der Waals surface area contributed by atoms with Gasteiger partial charge in [0, 0.05) is 0 Å². The van der Waals surface area contributed by atoms with Crippen LogP contribution in [-0.2, 0) is 4.79 Å². The van der Waals surface area contributed by atoms with Crippen molar-refractivity contribution in [1.29, 1.82) is 0 Å². The molecule has 120 valence electrons. The molecule has 0 aromatic carbocycles. The Labute approximate surface area is 116 Å². The quantitative estimate of drug-likeness (QED) is 0.190. The maximum atomic E-state index is 11.0. The molecule has 0 aromatic rings. The van der Waals surface area contributed by atoms with E-state index in [9.17, 15) is 25.2 Å². The number of aliphatic carboxylic acids is 1. The number of hydrogen-bond acceptors (Lipinski definition) is 8. The van der Waals surface area contributed by atoms with Gasteiger partial charge in [-0.05, 0) is 26.3 Å². The van der Waals surface area contributed by atoms with E-state index < -0.39 is 42.7 Å². The highest BCUT2D eigenvalue weighted by molar-refractivity contribution is 5.73. The summed E-state index contributed by atoms with van der Waals surface area (Å²) in [4.78, 5) is 11.0. The van der Waals surface area contributed by atoms with Crippen LogP contribution in [0.3, 0.4) is 0 Å². The predicted octanol–water partition coefficient (Wildman–Crippen LogP) is -3.45. The van der Waals surface area contributed by atoms with Crippen LogP contribution in [0.2, 0.25) is 0 Å². The van der Waals surface area contributed by atoms with Crippen LogP contribution < -0.4 is 11.1 Å². The third-order valence-corrected chi connectivity index (χ3v) is 2.97. The average Bonchev–Trinajstić information content (AvgIpc) is 2.40. The van der Waals surface area contributed by atoms with Gasteiger partial charge in [-0.3, -0.25) is 10.1 Å². The maximum absolute atomic E-state index is 11.0. The minimum Gasteiger partial charge on any atom is -0.480 e. The molecule has 0 spiro atoms. The molecule has 9 N–H and O–H groups in total. The summed E-state index contributed by atoms with van der Waals surface area (Å²) in [5.74, 6) is -1.30. The van der Waals surface area contributed by atoms with Gasteiger partial charge in [0.25, 0.3) is 0 Å². The van der Waals surface area contributed by atoms with Crippen LogP contribution >= 0.6 is 0 Å². The van der Waals surface area contributed by atoms with Crippen molar-refractivity contribution in [3.8, 4) is 0 Å². The zero-order chi connectivity index (χ0) is 15.9. The van der Waals surface area contributed by atoms with Gasteiger partial charge in [-0.2, -0.15) is 0 Å². The van der Waals surface area contributed by atoms with Crippen LogP contribution in [0.15, 0.2) is 0 Å². The van der Waals surface area contributed by atoms with E-state index >= 15 is 0 Å². The molecule has 0 aliphatic heterocycles. The maximum Gasteiger partial charge on any atom is 0.320 e. The van der Waals surface area contributed by atoms with Crippen molar-refractivity contribution >= 4 is 5.97 Å². The molecule has 0 saturated carbocycles. The SMILES string of the molecule is C[C@H](O)[C@@H](O)[C@H](O)[C@@](O)(CO)N[C@@H](CCCN)C(=O)O. The van der Waals surface area contributed by atoms with Crippen LogP contribution in [0.5, 0.6) is 0 Å². The van der Waals surface area contributed by atoms with Gasteiger partial charge in [-0.25, -0.2) is 0 Å². The van der Waals surface area contributed by atoms with Crippen LogP contribution in [0.4, 0.5) is 0 Å². The van der Waals surface area contributed by atoms with Gasteiger partial charge in [-0.15, -0.1) is 0 Å². The number of nitrogens with two attached hydrogens (primary N) is 1. The summed E-state index contributed by atoms with van der Waals surface area (Å²) in [7, 11) is 0. The predicted molar refractivity (Wildman–Crippen MR) is 68.6 cm³/mol. The monoisotopic (exact) mass is 296 g/mol. The Kier molecular flexibility index (Phi) is 8.13. The highest BCUT2D eigenvalue weighted by Gasteiger charge is 2.43. The molecule has 0 aliphatic carbocycles. The lowest BCUT2D eigenvalue weighted by Crippen LogP contribution is -2.66. The molecule has 5 atom stereocenters. The Morgan fingerprint density at radius 1 is 1.35 bits per heavy atom. The van der Waals surface area contributed by atoms with Gasteiger partial charge in [0.2, 0.25) is 0 Å². The Morgan fingerprint density at radius 3 is 2.25 bits per heavy atom. The molecule has 0 saturated heterocycles. The number of rotatable bonds is 10. The van der Waals surface area contributed by atoms with Gasteiger partial charge in [-0.1, -0.05) is 0 Å². The average molecular weight is 296 g/mol. The summed E-state index contributed by atoms with van der Waals surface area (Å²) in [6.07, 6.45) is -4.71. The fourth-order valence-corrected chi connectivity index (χ4v) is 1.65. The standard InChI is InChI=1S/C11H24N2O7/c1-6(15)8(16)9(17)11(20,5-14)13-7(10(18)19)3-2-4-12/h6-9,13-17,20H,2-5,12H2,1H3,(H,18,19)/t6-,7-,8+,9-,11-/m0/s1. The summed E-state index contributed by atoms with van der Waals surface area (Å²) in [6.45, 7) is 0.362. The second kappa shape index (κ2) is 8.47. The topological polar surface area (TPSA) is 176 Å². The third kappa shape index (κ3) is 5.29. The molecule has 0 aliphatic rings. The van der Waals surface area contributed by atoms with E-state index in [4.69, 9.17) is 15.9 Å². The highest BCUT2D eigenvalue weighted by atomic mass is 16.4. The number of carboxylic acid groups (broad SMARTS) is 1. The second-order valence-corrected chi connectivity index (χ2v) is 4.72. The van der Waals surface area contributed by atoms with Crippen LogP contribution in [0.1, 0.15) is 19.8 Å². The van der Waals surface area contributed by atoms with Crippen LogP contribution in [-0.4, -0.2) is 79.8 Å². The highest BCUT2D eigenvalue weighted by Crippen LogP contribution is 2.15. The van der Waals surface area contributed by atoms with E-state index in [-0.39, 0.29) is 13.0 Å². The Balaban J connectivity index is 4.96. The van der Waals surface area contributed by atoms with Gasteiger partial charge >= 0.3 is 5.97 Å². The molecule has 9 heteroatoms. The van der Waals surface area contributed by atoms with E-state index in [0.29, 0.717) is 6.42 Å². The molecule has 0 radical (unpaired) electrons. The lowest BCUT2D eigenvalue weighted by molar-refractivity contribution is -0.187. The molecule has 0 heterocycles. The molecular formula is C11H24N2O7. The van der Waals surface area contributed by atoms with Gasteiger partial charge in [0.15, 0.2) is 5.72 Å². The Bertz CT molecular complexity index is 302. The number of hydrogen-bond donors (Lipinski definition) is 8. The lowest BCUT2D eigenvalue weighted by atomic mass is 9.97. The first-order chi connectivity index (χ1) is 9.19. The number of aliphatic hydroxyl groups excluding tert-OH is 4. The first-order valence-corrected chi connectivity index (χ1v) is 6.27. The second-order valence-electron chi connectivity index (χ2n) is 4.72. The molecule has 0 fully saturated rings. The largest absolute Gasteiger partial charge is 0.480 e. The summed E-state index contributed by atoms with van der Waals surface area (Å²) in [6, 6.07) is -1.27. The molecule has 0 rings (SSSR count). The van der Waals surface area contributed by atoms with Crippen molar-refractivity contribution < 1.29 is 35.4 Å². The zero-order valence-electron chi connectivity index (χ0n) is 11.3. The number of nitrogens with one attached hydrogen (secondary N) is 1. The molecule has 9 nitrogen and oxygen atoms in total. The summed E-state index contributed by atoms with van der Waals surface area (Å²) >= 11 is 0. The number of aliphatic hydroxyl groups is 5. The minimum absolute atomic E-state index is 0.0611. The minimum atomic E-state index is -2.46. The van der Waals surface area contributed by atoms with Gasteiger partial charge in [0.05, 0.1) is 12.7 Å². The van der Waals surface area contributed by atoms with Gasteiger partial charge < -0.3 is 36.4 Å². The van der Waals surface area contributed by atoms with E-state index in [1.165, 1.54) is 6.92 Å². The van der Waals surface area contributed by atoms with E-state index in [2.05, 4.69) is 5.32 Å². The fourth-order valence-electron chi connectivity index (χ4n) is 1.65. The smallest absolute Gasteiger partial charge is 0.320 e.